The van der Waals surface area contributed by atoms with E-state index in [1.807, 2.05) is 0 Å². The largest absolute Gasteiger partial charge is 0.396 e. The molecule has 0 fully saturated rings. The number of aliphatic hydroxyl groups is 1. The fraction of sp³-hybridized carbons (Fsp3) is 1.00. The van der Waals surface area contributed by atoms with E-state index in [9.17, 15) is 0 Å². The van der Waals surface area contributed by atoms with Crippen molar-refractivity contribution in [2.45, 2.75) is 78.1 Å². The first kappa shape index (κ1) is 20.9. The summed E-state index contributed by atoms with van der Waals surface area (Å²) < 4.78 is 11.3. The maximum Gasteiger partial charge on any atom is 0.0494 e. The van der Waals surface area contributed by atoms with E-state index < -0.39 is 0 Å². The van der Waals surface area contributed by atoms with Crippen LogP contribution in [0.25, 0.3) is 0 Å². The lowest BCUT2D eigenvalue weighted by atomic mass is 9.97. The van der Waals surface area contributed by atoms with Gasteiger partial charge in [0.2, 0.25) is 0 Å². The lowest BCUT2D eigenvalue weighted by Crippen LogP contribution is -2.11. The summed E-state index contributed by atoms with van der Waals surface area (Å²) in [5, 5.41) is 8.64. The quantitative estimate of drug-likeness (QED) is 0.400. The SMILES string of the molecule is CCCCCC(CCC)COCCCCOCCCCO. The minimum Gasteiger partial charge on any atom is -0.396 e. The summed E-state index contributed by atoms with van der Waals surface area (Å²) in [7, 11) is 0. The highest BCUT2D eigenvalue weighted by Gasteiger charge is 2.07. The van der Waals surface area contributed by atoms with Crippen LogP contribution in [-0.4, -0.2) is 38.1 Å². The van der Waals surface area contributed by atoms with E-state index in [0.29, 0.717) is 0 Å². The molecule has 0 amide bonds. The van der Waals surface area contributed by atoms with Crippen molar-refractivity contribution in [2.75, 3.05) is 33.0 Å². The molecular formula is C18H38O3. The zero-order chi connectivity index (χ0) is 15.6. The van der Waals surface area contributed by atoms with Gasteiger partial charge in [-0.2, -0.15) is 0 Å². The minimum absolute atomic E-state index is 0.272. The molecule has 0 bridgehead atoms. The molecule has 0 aromatic rings. The Labute approximate surface area is 132 Å². The van der Waals surface area contributed by atoms with Crippen molar-refractivity contribution in [2.24, 2.45) is 5.92 Å². The van der Waals surface area contributed by atoms with Gasteiger partial charge in [-0.3, -0.25) is 0 Å². The molecule has 1 unspecified atom stereocenters. The zero-order valence-electron chi connectivity index (χ0n) is 14.4. The zero-order valence-corrected chi connectivity index (χ0v) is 14.4. The molecule has 0 aromatic heterocycles. The Hall–Kier alpha value is -0.120. The van der Waals surface area contributed by atoms with E-state index in [4.69, 9.17) is 14.6 Å². The summed E-state index contributed by atoms with van der Waals surface area (Å²) >= 11 is 0. The van der Waals surface area contributed by atoms with E-state index in [2.05, 4.69) is 13.8 Å². The fourth-order valence-corrected chi connectivity index (χ4v) is 2.48. The van der Waals surface area contributed by atoms with Gasteiger partial charge in [0.15, 0.2) is 0 Å². The standard InChI is InChI=1S/C18H38O3/c1-3-5-6-12-18(11-4-2)17-21-16-10-9-15-20-14-8-7-13-19/h18-19H,3-17H2,1-2H3. The van der Waals surface area contributed by atoms with Gasteiger partial charge in [-0.15, -0.1) is 0 Å². The number of rotatable bonds is 17. The van der Waals surface area contributed by atoms with Crippen molar-refractivity contribution in [3.05, 3.63) is 0 Å². The molecule has 0 aliphatic rings. The average molecular weight is 302 g/mol. The Bertz CT molecular complexity index is 185. The second-order valence-electron chi connectivity index (χ2n) is 5.98. The molecule has 0 saturated heterocycles. The molecule has 1 N–H and O–H groups in total. The first-order chi connectivity index (χ1) is 10.3. The third-order valence-corrected chi connectivity index (χ3v) is 3.79. The van der Waals surface area contributed by atoms with Crippen LogP contribution in [0.5, 0.6) is 0 Å². The first-order valence-electron chi connectivity index (χ1n) is 9.11. The monoisotopic (exact) mass is 302 g/mol. The van der Waals surface area contributed by atoms with E-state index >= 15 is 0 Å². The second-order valence-corrected chi connectivity index (χ2v) is 5.98. The third-order valence-electron chi connectivity index (χ3n) is 3.79. The van der Waals surface area contributed by atoms with Gasteiger partial charge >= 0.3 is 0 Å². The van der Waals surface area contributed by atoms with Crippen molar-refractivity contribution in [1.29, 1.82) is 0 Å². The minimum atomic E-state index is 0.272. The molecule has 0 spiro atoms. The molecule has 21 heavy (non-hydrogen) atoms. The molecular weight excluding hydrogens is 264 g/mol. The van der Waals surface area contributed by atoms with Crippen LogP contribution in [0.4, 0.5) is 0 Å². The molecule has 0 rings (SSSR count). The highest BCUT2D eigenvalue weighted by atomic mass is 16.5. The van der Waals surface area contributed by atoms with Gasteiger partial charge in [0.25, 0.3) is 0 Å². The van der Waals surface area contributed by atoms with Crippen LogP contribution in [0.15, 0.2) is 0 Å². The van der Waals surface area contributed by atoms with E-state index in [1.54, 1.807) is 0 Å². The van der Waals surface area contributed by atoms with E-state index in [1.165, 1.54) is 38.5 Å². The van der Waals surface area contributed by atoms with Crippen LogP contribution >= 0.6 is 0 Å². The molecule has 0 aliphatic carbocycles. The van der Waals surface area contributed by atoms with Crippen molar-refractivity contribution < 1.29 is 14.6 Å². The van der Waals surface area contributed by atoms with Gasteiger partial charge < -0.3 is 14.6 Å². The maximum absolute atomic E-state index is 8.64. The summed E-state index contributed by atoms with van der Waals surface area (Å²) in [5.74, 6) is 0.760. The number of hydrogen-bond donors (Lipinski definition) is 1. The Morgan fingerprint density at radius 2 is 1.38 bits per heavy atom. The second kappa shape index (κ2) is 17.9. The molecule has 0 radical (unpaired) electrons. The summed E-state index contributed by atoms with van der Waals surface area (Å²) in [6.07, 6.45) is 11.9. The number of unbranched alkanes of at least 4 members (excludes halogenated alkanes) is 4. The van der Waals surface area contributed by atoms with E-state index in [0.717, 1.165) is 58.0 Å². The lowest BCUT2D eigenvalue weighted by molar-refractivity contribution is 0.0767. The Morgan fingerprint density at radius 3 is 2.00 bits per heavy atom. The summed E-state index contributed by atoms with van der Waals surface area (Å²) in [4.78, 5) is 0. The molecule has 0 heterocycles. The normalized spacial score (nSPS) is 12.7. The average Bonchev–Trinajstić information content (AvgIpc) is 2.49. The smallest absolute Gasteiger partial charge is 0.0494 e. The topological polar surface area (TPSA) is 38.7 Å². The third kappa shape index (κ3) is 16.1. The highest BCUT2D eigenvalue weighted by Crippen LogP contribution is 2.16. The van der Waals surface area contributed by atoms with Gasteiger partial charge in [0.05, 0.1) is 0 Å². The Morgan fingerprint density at radius 1 is 0.714 bits per heavy atom. The predicted molar refractivity (Wildman–Crippen MR) is 89.7 cm³/mol. The van der Waals surface area contributed by atoms with Crippen LogP contribution in [0.3, 0.4) is 0 Å². The highest BCUT2D eigenvalue weighted by molar-refractivity contribution is 4.58. The van der Waals surface area contributed by atoms with Crippen molar-refractivity contribution in [1.82, 2.24) is 0 Å². The van der Waals surface area contributed by atoms with Gasteiger partial charge in [-0.05, 0) is 44.4 Å². The summed E-state index contributed by atoms with van der Waals surface area (Å²) in [6, 6.07) is 0. The first-order valence-corrected chi connectivity index (χ1v) is 9.11. The number of hydrogen-bond acceptors (Lipinski definition) is 3. The number of ether oxygens (including phenoxy) is 2. The molecule has 128 valence electrons. The van der Waals surface area contributed by atoms with Crippen molar-refractivity contribution in [3.63, 3.8) is 0 Å². The van der Waals surface area contributed by atoms with Crippen LogP contribution in [-0.2, 0) is 9.47 Å². The van der Waals surface area contributed by atoms with Crippen molar-refractivity contribution in [3.8, 4) is 0 Å². The molecule has 0 aromatic carbocycles. The molecule has 3 heteroatoms. The van der Waals surface area contributed by atoms with Crippen LogP contribution in [0.2, 0.25) is 0 Å². The van der Waals surface area contributed by atoms with Gasteiger partial charge in [-0.25, -0.2) is 0 Å². The van der Waals surface area contributed by atoms with Crippen LogP contribution in [0, 0.1) is 5.92 Å². The maximum atomic E-state index is 8.64. The van der Waals surface area contributed by atoms with Crippen LogP contribution < -0.4 is 0 Å². The summed E-state index contributed by atoms with van der Waals surface area (Å²) in [5.41, 5.74) is 0. The lowest BCUT2D eigenvalue weighted by Gasteiger charge is -2.16. The predicted octanol–water partition coefficient (Wildman–Crippen LogP) is 4.57. The molecule has 3 nitrogen and oxygen atoms in total. The summed E-state index contributed by atoms with van der Waals surface area (Å²) in [6.45, 7) is 8.20. The van der Waals surface area contributed by atoms with Gasteiger partial charge in [0, 0.05) is 33.0 Å². The van der Waals surface area contributed by atoms with Crippen molar-refractivity contribution >= 4 is 0 Å². The molecule has 0 aliphatic heterocycles. The van der Waals surface area contributed by atoms with Crippen LogP contribution in [0.1, 0.15) is 78.1 Å². The molecule has 0 saturated carbocycles. The Kier molecular flexibility index (Phi) is 17.8. The Balaban J connectivity index is 3.32. The van der Waals surface area contributed by atoms with Gasteiger partial charge in [-0.1, -0.05) is 39.5 Å². The molecule has 1 atom stereocenters. The van der Waals surface area contributed by atoms with Gasteiger partial charge in [0.1, 0.15) is 0 Å². The number of aliphatic hydroxyl groups excluding tert-OH is 1. The van der Waals surface area contributed by atoms with E-state index in [-0.39, 0.29) is 6.61 Å². The fourth-order valence-electron chi connectivity index (χ4n) is 2.48.